The normalized spacial score (nSPS) is 23.4. The number of halogens is 2. The number of nitro benzene ring substituents is 1. The van der Waals surface area contributed by atoms with Crippen LogP contribution in [0.1, 0.15) is 13.3 Å². The summed E-state index contributed by atoms with van der Waals surface area (Å²) in [4.78, 5) is 12.0. The van der Waals surface area contributed by atoms with Crippen LogP contribution in [0.3, 0.4) is 0 Å². The predicted molar refractivity (Wildman–Crippen MR) is 70.6 cm³/mol. The standard InChI is InChI=1S/C11H12Cl2N2O3/c1-11(16)2-3-14(6-11)10-8(12)4-7(15(17)18)5-9(10)13/h4-5,16H,2-3,6H2,1H3. The van der Waals surface area contributed by atoms with Crippen molar-refractivity contribution in [1.82, 2.24) is 0 Å². The Hall–Kier alpha value is -1.04. The minimum Gasteiger partial charge on any atom is -0.388 e. The van der Waals surface area contributed by atoms with Crippen LogP contribution in [0.4, 0.5) is 11.4 Å². The van der Waals surface area contributed by atoms with Gasteiger partial charge in [0.2, 0.25) is 0 Å². The molecule has 0 aromatic heterocycles. The lowest BCUT2D eigenvalue weighted by Crippen LogP contribution is -2.29. The molecular weight excluding hydrogens is 279 g/mol. The summed E-state index contributed by atoms with van der Waals surface area (Å²) in [6.07, 6.45) is 0.608. The predicted octanol–water partition coefficient (Wildman–Crippen LogP) is 2.86. The summed E-state index contributed by atoms with van der Waals surface area (Å²) in [5, 5.41) is 21.0. The first-order valence-corrected chi connectivity index (χ1v) is 6.16. The lowest BCUT2D eigenvalue weighted by atomic mass is 10.1. The zero-order valence-corrected chi connectivity index (χ0v) is 11.2. The van der Waals surface area contributed by atoms with E-state index in [9.17, 15) is 15.2 Å². The SMILES string of the molecule is CC1(O)CCN(c2c(Cl)cc([N+](=O)[O-])cc2Cl)C1. The van der Waals surface area contributed by atoms with Crippen LogP contribution in [0.5, 0.6) is 0 Å². The van der Waals surface area contributed by atoms with E-state index in [0.29, 0.717) is 25.2 Å². The Labute approximate surface area is 114 Å². The first kappa shape index (κ1) is 13.4. The van der Waals surface area contributed by atoms with Gasteiger partial charge in [-0.05, 0) is 13.3 Å². The second kappa shape index (κ2) is 4.57. The fraction of sp³-hybridized carbons (Fsp3) is 0.455. The highest BCUT2D eigenvalue weighted by atomic mass is 35.5. The van der Waals surface area contributed by atoms with Gasteiger partial charge in [0.15, 0.2) is 0 Å². The highest BCUT2D eigenvalue weighted by Gasteiger charge is 2.33. The second-order valence-electron chi connectivity index (χ2n) is 4.68. The summed E-state index contributed by atoms with van der Waals surface area (Å²) in [5.41, 5.74) is -0.379. The molecule has 1 fully saturated rings. The molecule has 0 saturated carbocycles. The van der Waals surface area contributed by atoms with Crippen molar-refractivity contribution in [3.8, 4) is 0 Å². The number of nitrogens with zero attached hydrogens (tertiary/aromatic N) is 2. The number of anilines is 1. The van der Waals surface area contributed by atoms with E-state index < -0.39 is 10.5 Å². The van der Waals surface area contributed by atoms with E-state index in [-0.39, 0.29) is 15.7 Å². The molecule has 1 aliphatic heterocycles. The van der Waals surface area contributed by atoms with Crippen LogP contribution < -0.4 is 4.90 Å². The van der Waals surface area contributed by atoms with Crippen LogP contribution in [0.2, 0.25) is 10.0 Å². The summed E-state index contributed by atoms with van der Waals surface area (Å²) in [6, 6.07) is 2.55. The second-order valence-corrected chi connectivity index (χ2v) is 5.50. The van der Waals surface area contributed by atoms with Gasteiger partial charge in [0.05, 0.1) is 26.3 Å². The fourth-order valence-electron chi connectivity index (χ4n) is 2.10. The fourth-order valence-corrected chi connectivity index (χ4v) is 2.81. The molecule has 0 amide bonds. The van der Waals surface area contributed by atoms with E-state index in [2.05, 4.69) is 0 Å². The first-order chi connectivity index (χ1) is 8.30. The molecule has 18 heavy (non-hydrogen) atoms. The van der Waals surface area contributed by atoms with Gasteiger partial charge in [-0.25, -0.2) is 0 Å². The van der Waals surface area contributed by atoms with Gasteiger partial charge >= 0.3 is 0 Å². The molecule has 7 heteroatoms. The Morgan fingerprint density at radius 2 is 2.00 bits per heavy atom. The van der Waals surface area contributed by atoms with Gasteiger partial charge in [0.1, 0.15) is 0 Å². The van der Waals surface area contributed by atoms with Crippen LogP contribution in [-0.4, -0.2) is 28.7 Å². The van der Waals surface area contributed by atoms with Gasteiger partial charge < -0.3 is 10.0 Å². The monoisotopic (exact) mass is 290 g/mol. The summed E-state index contributed by atoms with van der Waals surface area (Å²) in [6.45, 7) is 2.76. The third-order valence-electron chi connectivity index (χ3n) is 2.98. The van der Waals surface area contributed by atoms with Gasteiger partial charge in [-0.15, -0.1) is 0 Å². The van der Waals surface area contributed by atoms with Crippen LogP contribution in [-0.2, 0) is 0 Å². The molecule has 1 N–H and O–H groups in total. The molecule has 0 spiro atoms. The third kappa shape index (κ3) is 2.53. The molecule has 0 aliphatic carbocycles. The lowest BCUT2D eigenvalue weighted by Gasteiger charge is -2.22. The number of hydrogen-bond donors (Lipinski definition) is 1. The summed E-state index contributed by atoms with van der Waals surface area (Å²) in [7, 11) is 0. The zero-order chi connectivity index (χ0) is 13.5. The maximum Gasteiger partial charge on any atom is 0.272 e. The molecule has 1 atom stereocenters. The molecule has 1 heterocycles. The van der Waals surface area contributed by atoms with E-state index in [1.807, 2.05) is 4.90 Å². The van der Waals surface area contributed by atoms with Crippen molar-refractivity contribution in [2.24, 2.45) is 0 Å². The molecule has 2 rings (SSSR count). The molecule has 0 bridgehead atoms. The number of nitro groups is 1. The Morgan fingerprint density at radius 1 is 1.44 bits per heavy atom. The van der Waals surface area contributed by atoms with Gasteiger partial charge in [-0.3, -0.25) is 10.1 Å². The van der Waals surface area contributed by atoms with Crippen LogP contribution in [0.15, 0.2) is 12.1 Å². The minimum atomic E-state index is -0.783. The summed E-state index contributed by atoms with van der Waals surface area (Å²) >= 11 is 12.1. The molecule has 1 aromatic rings. The summed E-state index contributed by atoms with van der Waals surface area (Å²) in [5.74, 6) is 0. The maximum absolute atomic E-state index is 10.7. The van der Waals surface area contributed by atoms with E-state index in [4.69, 9.17) is 23.2 Å². The van der Waals surface area contributed by atoms with Gasteiger partial charge in [0.25, 0.3) is 5.69 Å². The van der Waals surface area contributed by atoms with Gasteiger partial charge in [0, 0.05) is 25.2 Å². The van der Waals surface area contributed by atoms with Crippen molar-refractivity contribution in [3.63, 3.8) is 0 Å². The maximum atomic E-state index is 10.7. The molecule has 98 valence electrons. The highest BCUT2D eigenvalue weighted by molar-refractivity contribution is 6.39. The van der Waals surface area contributed by atoms with Crippen LogP contribution in [0, 0.1) is 10.1 Å². The number of non-ortho nitro benzene ring substituents is 1. The molecular formula is C11H12Cl2N2O3. The average molecular weight is 291 g/mol. The molecule has 0 radical (unpaired) electrons. The van der Waals surface area contributed by atoms with E-state index >= 15 is 0 Å². The zero-order valence-electron chi connectivity index (χ0n) is 9.69. The van der Waals surface area contributed by atoms with Crippen molar-refractivity contribution >= 4 is 34.6 Å². The number of aliphatic hydroxyl groups is 1. The van der Waals surface area contributed by atoms with Gasteiger partial charge in [-0.1, -0.05) is 23.2 Å². The van der Waals surface area contributed by atoms with Crippen molar-refractivity contribution < 1.29 is 10.0 Å². The number of hydrogen-bond acceptors (Lipinski definition) is 4. The van der Waals surface area contributed by atoms with Crippen LogP contribution >= 0.6 is 23.2 Å². The Bertz CT molecular complexity index is 482. The molecule has 5 nitrogen and oxygen atoms in total. The summed E-state index contributed by atoms with van der Waals surface area (Å²) < 4.78 is 0. The van der Waals surface area contributed by atoms with E-state index in [0.717, 1.165) is 0 Å². The van der Waals surface area contributed by atoms with Crippen molar-refractivity contribution in [2.75, 3.05) is 18.0 Å². The number of rotatable bonds is 2. The average Bonchev–Trinajstić information content (AvgIpc) is 2.57. The first-order valence-electron chi connectivity index (χ1n) is 5.41. The highest BCUT2D eigenvalue weighted by Crippen LogP contribution is 2.40. The largest absolute Gasteiger partial charge is 0.388 e. The lowest BCUT2D eigenvalue weighted by molar-refractivity contribution is -0.384. The van der Waals surface area contributed by atoms with Crippen molar-refractivity contribution in [2.45, 2.75) is 18.9 Å². The topological polar surface area (TPSA) is 66.6 Å². The smallest absolute Gasteiger partial charge is 0.272 e. The number of benzene rings is 1. The third-order valence-corrected chi connectivity index (χ3v) is 3.56. The van der Waals surface area contributed by atoms with Gasteiger partial charge in [-0.2, -0.15) is 0 Å². The molecule has 1 aromatic carbocycles. The molecule has 1 unspecified atom stereocenters. The van der Waals surface area contributed by atoms with Crippen molar-refractivity contribution in [3.05, 3.63) is 32.3 Å². The van der Waals surface area contributed by atoms with Crippen molar-refractivity contribution in [1.29, 1.82) is 0 Å². The quantitative estimate of drug-likeness (QED) is 0.672. The van der Waals surface area contributed by atoms with Crippen LogP contribution in [0.25, 0.3) is 0 Å². The van der Waals surface area contributed by atoms with E-state index in [1.54, 1.807) is 6.92 Å². The van der Waals surface area contributed by atoms with E-state index in [1.165, 1.54) is 12.1 Å². The Balaban J connectivity index is 2.38. The molecule has 1 aliphatic rings. The number of β-amino-alcohol motifs (C(OH)–C–C–N with tert-alkyl or cyclic N) is 1. The minimum absolute atomic E-state index is 0.139. The molecule has 1 saturated heterocycles. The Kier molecular flexibility index (Phi) is 3.40. The Morgan fingerprint density at radius 3 is 2.39 bits per heavy atom.